The van der Waals surface area contributed by atoms with Crippen molar-refractivity contribution in [3.05, 3.63) is 65.4 Å². The van der Waals surface area contributed by atoms with Gasteiger partial charge in [-0.05, 0) is 56.5 Å². The smallest absolute Gasteiger partial charge is 0.339 e. The molecular formula is C23H22F3N5O5P+. The Morgan fingerprint density at radius 1 is 1.24 bits per heavy atom. The van der Waals surface area contributed by atoms with Gasteiger partial charge >= 0.3 is 14.4 Å². The first kappa shape index (κ1) is 26.4. The Kier molecular flexibility index (Phi) is 7.13. The molecule has 0 aliphatic heterocycles. The van der Waals surface area contributed by atoms with Gasteiger partial charge in [0.15, 0.2) is 0 Å². The molecule has 0 fully saturated rings. The first-order valence-corrected chi connectivity index (χ1v) is 12.1. The second kappa shape index (κ2) is 10.0. The van der Waals surface area contributed by atoms with Crippen LogP contribution >= 0.6 is 8.25 Å². The highest BCUT2D eigenvalue weighted by Crippen LogP contribution is 2.42. The summed E-state index contributed by atoms with van der Waals surface area (Å²) in [4.78, 5) is 30.2. The lowest BCUT2D eigenvalue weighted by Gasteiger charge is -2.24. The molecule has 1 amide bonds. The van der Waals surface area contributed by atoms with Gasteiger partial charge in [0.05, 0.1) is 6.20 Å². The first-order valence-electron chi connectivity index (χ1n) is 11.0. The first-order chi connectivity index (χ1) is 17.4. The summed E-state index contributed by atoms with van der Waals surface area (Å²) < 4.78 is 62.0. The van der Waals surface area contributed by atoms with Gasteiger partial charge in [0.25, 0.3) is 5.91 Å². The average Bonchev–Trinajstić information content (AvgIpc) is 3.45. The summed E-state index contributed by atoms with van der Waals surface area (Å²) in [5.74, 6) is -0.410. The number of alkyl halides is 3. The fraction of sp³-hybridized carbons (Fsp3) is 0.304. The van der Waals surface area contributed by atoms with E-state index in [9.17, 15) is 22.5 Å². The van der Waals surface area contributed by atoms with Gasteiger partial charge in [-0.25, -0.2) is 4.98 Å². The van der Waals surface area contributed by atoms with Gasteiger partial charge in [-0.2, -0.15) is 18.2 Å². The lowest BCUT2D eigenvalue weighted by Crippen LogP contribution is -2.43. The molecule has 3 aromatic heterocycles. The summed E-state index contributed by atoms with van der Waals surface area (Å²) >= 11 is 0. The van der Waals surface area contributed by atoms with Gasteiger partial charge in [0, 0.05) is 28.4 Å². The fourth-order valence-electron chi connectivity index (χ4n) is 3.56. The number of hydrogen-bond donors (Lipinski definition) is 2. The minimum absolute atomic E-state index is 0.0960. The third kappa shape index (κ3) is 5.68. The van der Waals surface area contributed by atoms with Crippen LogP contribution in [0.25, 0.3) is 17.0 Å². The topological polar surface area (TPSA) is 132 Å². The van der Waals surface area contributed by atoms with E-state index in [1.165, 1.54) is 6.20 Å². The number of hydrogen-bond acceptors (Lipinski definition) is 7. The van der Waals surface area contributed by atoms with E-state index in [4.69, 9.17) is 9.42 Å². The third-order valence-electron chi connectivity index (χ3n) is 5.81. The number of nitrogens with zero attached hydrogens (tertiary/aromatic N) is 4. The van der Waals surface area contributed by atoms with E-state index in [-0.39, 0.29) is 24.0 Å². The van der Waals surface area contributed by atoms with Crippen molar-refractivity contribution in [3.8, 4) is 11.4 Å². The molecule has 10 nitrogen and oxygen atoms in total. The molecule has 0 saturated heterocycles. The van der Waals surface area contributed by atoms with Crippen molar-refractivity contribution >= 4 is 25.5 Å². The zero-order chi connectivity index (χ0) is 27.0. The number of anilines is 1. The van der Waals surface area contributed by atoms with Crippen molar-refractivity contribution < 1.29 is 36.5 Å². The molecular weight excluding hydrogens is 514 g/mol. The van der Waals surface area contributed by atoms with Crippen molar-refractivity contribution in [2.45, 2.75) is 45.4 Å². The maximum Gasteiger partial charge on any atom is 0.695 e. The van der Waals surface area contributed by atoms with Gasteiger partial charge in [0.2, 0.25) is 17.3 Å². The van der Waals surface area contributed by atoms with Crippen LogP contribution in [-0.2, 0) is 15.5 Å². The van der Waals surface area contributed by atoms with Gasteiger partial charge in [-0.3, -0.25) is 9.20 Å². The zero-order valence-corrected chi connectivity index (χ0v) is 20.8. The van der Waals surface area contributed by atoms with Crippen LogP contribution in [0.2, 0.25) is 0 Å². The summed E-state index contributed by atoms with van der Waals surface area (Å²) in [5.41, 5.74) is 0.781. The van der Waals surface area contributed by atoms with Crippen molar-refractivity contribution in [2.24, 2.45) is 0 Å². The summed E-state index contributed by atoms with van der Waals surface area (Å²) in [6, 6.07) is 8.73. The monoisotopic (exact) mass is 536 g/mol. The number of carbonyl (C=O) groups excluding carboxylic acids is 1. The second-order valence-electron chi connectivity index (χ2n) is 8.63. The lowest BCUT2D eigenvalue weighted by atomic mass is 10.00. The Morgan fingerprint density at radius 2 is 2.00 bits per heavy atom. The van der Waals surface area contributed by atoms with E-state index in [1.807, 2.05) is 19.1 Å². The number of pyridine rings is 1. The maximum atomic E-state index is 13.4. The predicted molar refractivity (Wildman–Crippen MR) is 126 cm³/mol. The van der Waals surface area contributed by atoms with Gasteiger partial charge in [-0.1, -0.05) is 17.3 Å². The Balaban J connectivity index is 1.51. The Bertz CT molecular complexity index is 1490. The predicted octanol–water partition coefficient (Wildman–Crippen LogP) is 5.17. The highest BCUT2D eigenvalue weighted by atomic mass is 31.1. The normalized spacial score (nSPS) is 14.0. The number of benzene rings is 1. The highest BCUT2D eigenvalue weighted by molar-refractivity contribution is 7.32. The molecule has 4 rings (SSSR count). The molecule has 2 N–H and O–H groups in total. The lowest BCUT2D eigenvalue weighted by molar-refractivity contribution is -0.244. The molecule has 4 aromatic rings. The number of carbonyl (C=O) groups is 1. The molecule has 0 aliphatic rings. The van der Waals surface area contributed by atoms with E-state index >= 15 is 0 Å². The second-order valence-corrected chi connectivity index (χ2v) is 9.29. The van der Waals surface area contributed by atoms with Crippen LogP contribution in [0.1, 0.15) is 40.9 Å². The molecule has 0 aliphatic carbocycles. The zero-order valence-electron chi connectivity index (χ0n) is 19.9. The van der Waals surface area contributed by atoms with Crippen LogP contribution in [0, 0.1) is 13.8 Å². The van der Waals surface area contributed by atoms with Crippen LogP contribution in [0.5, 0.6) is 0 Å². The molecule has 194 valence electrons. The molecule has 1 unspecified atom stereocenters. The van der Waals surface area contributed by atoms with E-state index in [0.29, 0.717) is 29.5 Å². The molecule has 0 spiro atoms. The standard InChI is InChI=1S/C23H21F3N5O5P/c1-13-7-9-31-17(12-27-18(31)10-13)21(32)28-16-11-15(5-4-14(16)2)20-29-19(35-30-20)6-8-22(3,23(24,25)26)36-37(33)34/h4-5,7,9-12H,6,8H2,1-3H3,(H-,28,32,33,34)/p+1/t22-/m1/s1. The number of rotatable bonds is 8. The SMILES string of the molecule is Cc1ccn2c(C(=O)Nc3cc(-c4noc(CC[C@@](C)(O[P+](=O)O)C(F)(F)F)n4)ccc3C)cnc2c1. The number of fused-ring (bicyclic) bond motifs is 1. The van der Waals surface area contributed by atoms with Crippen LogP contribution in [0.15, 0.2) is 47.2 Å². The van der Waals surface area contributed by atoms with Gasteiger partial charge in [0.1, 0.15) is 11.3 Å². The minimum Gasteiger partial charge on any atom is -0.339 e. The van der Waals surface area contributed by atoms with E-state index in [2.05, 4.69) is 25.0 Å². The molecule has 14 heteroatoms. The van der Waals surface area contributed by atoms with Crippen molar-refractivity contribution in [1.82, 2.24) is 19.5 Å². The van der Waals surface area contributed by atoms with Crippen LogP contribution in [-0.4, -0.2) is 42.1 Å². The summed E-state index contributed by atoms with van der Waals surface area (Å²) in [7, 11) is -3.48. The van der Waals surface area contributed by atoms with Crippen molar-refractivity contribution in [2.75, 3.05) is 5.32 Å². The van der Waals surface area contributed by atoms with Crippen LogP contribution in [0.3, 0.4) is 0 Å². The molecule has 0 saturated carbocycles. The maximum absolute atomic E-state index is 13.4. The number of amides is 1. The van der Waals surface area contributed by atoms with E-state index < -0.39 is 26.5 Å². The number of imidazole rings is 1. The van der Waals surface area contributed by atoms with Crippen LogP contribution < -0.4 is 5.32 Å². The summed E-state index contributed by atoms with van der Waals surface area (Å²) in [5, 5.41) is 6.65. The minimum atomic E-state index is -4.90. The van der Waals surface area contributed by atoms with Crippen molar-refractivity contribution in [1.29, 1.82) is 0 Å². The number of aryl methyl sites for hydroxylation is 3. The third-order valence-corrected chi connectivity index (χ3v) is 6.37. The molecule has 1 aromatic carbocycles. The summed E-state index contributed by atoms with van der Waals surface area (Å²) in [6.45, 7) is 4.39. The number of halogens is 3. The number of nitrogens with one attached hydrogen (secondary N) is 1. The molecule has 37 heavy (non-hydrogen) atoms. The number of aromatic nitrogens is 4. The molecule has 2 atom stereocenters. The average molecular weight is 536 g/mol. The van der Waals surface area contributed by atoms with Gasteiger partial charge in [-0.15, -0.1) is 9.42 Å². The summed E-state index contributed by atoms with van der Waals surface area (Å²) in [6.07, 6.45) is -2.74. The molecule has 0 radical (unpaired) electrons. The fourth-order valence-corrected chi connectivity index (χ4v) is 4.10. The Morgan fingerprint density at radius 3 is 2.70 bits per heavy atom. The van der Waals surface area contributed by atoms with Crippen molar-refractivity contribution in [3.63, 3.8) is 0 Å². The highest BCUT2D eigenvalue weighted by Gasteiger charge is 2.57. The molecule has 0 bridgehead atoms. The quantitative estimate of drug-likeness (QED) is 0.295. The van der Waals surface area contributed by atoms with Gasteiger partial charge < -0.3 is 9.84 Å². The van der Waals surface area contributed by atoms with E-state index in [1.54, 1.807) is 35.7 Å². The van der Waals surface area contributed by atoms with Crippen LogP contribution in [0.4, 0.5) is 18.9 Å². The molecule has 3 heterocycles. The Labute approximate surface area is 209 Å². The largest absolute Gasteiger partial charge is 0.695 e. The Hall–Kier alpha value is -3.67. The van der Waals surface area contributed by atoms with E-state index in [0.717, 1.165) is 11.1 Å².